The molecule has 3 nitrogen and oxygen atoms in total. The number of hydrogen-bond donors (Lipinski definition) is 0. The Bertz CT molecular complexity index is 637. The van der Waals surface area contributed by atoms with E-state index in [-0.39, 0.29) is 12.1 Å². The normalized spacial score (nSPS) is 18.1. The number of carbonyl (C=O) groups excluding carboxylic acids is 1. The Morgan fingerprint density at radius 3 is 2.45 bits per heavy atom. The maximum Gasteiger partial charge on any atom is 0.338 e. The highest BCUT2D eigenvalue weighted by Gasteiger charge is 2.19. The first-order valence-electron chi connectivity index (χ1n) is 7.50. The van der Waals surface area contributed by atoms with Crippen molar-refractivity contribution < 1.29 is 9.53 Å². The third-order valence-corrected chi connectivity index (χ3v) is 3.67. The zero-order chi connectivity index (χ0) is 15.2. The molecule has 0 N–H and O–H groups in total. The number of benzene rings is 2. The summed E-state index contributed by atoms with van der Waals surface area (Å²) >= 11 is 0. The van der Waals surface area contributed by atoms with Crippen LogP contribution in [0.15, 0.2) is 72.8 Å². The fraction of sp³-hybridized carbons (Fsp3) is 0.211. The van der Waals surface area contributed by atoms with E-state index in [1.807, 2.05) is 42.5 Å². The van der Waals surface area contributed by atoms with E-state index >= 15 is 0 Å². The zero-order valence-corrected chi connectivity index (χ0v) is 12.4. The van der Waals surface area contributed by atoms with Crippen LogP contribution in [0.1, 0.15) is 15.9 Å². The van der Waals surface area contributed by atoms with Gasteiger partial charge in [-0.3, -0.25) is 4.90 Å². The number of nitrogens with zero attached hydrogens (tertiary/aromatic N) is 1. The van der Waals surface area contributed by atoms with E-state index in [1.165, 1.54) is 5.56 Å². The molecule has 3 heteroatoms. The number of carbonyl (C=O) groups is 1. The van der Waals surface area contributed by atoms with Gasteiger partial charge in [0.1, 0.15) is 6.10 Å². The van der Waals surface area contributed by atoms with E-state index in [0.29, 0.717) is 5.56 Å². The van der Waals surface area contributed by atoms with Crippen LogP contribution in [0.5, 0.6) is 0 Å². The summed E-state index contributed by atoms with van der Waals surface area (Å²) in [6, 6.07) is 19.5. The molecule has 1 heterocycles. The monoisotopic (exact) mass is 293 g/mol. The van der Waals surface area contributed by atoms with Crippen molar-refractivity contribution in [2.45, 2.75) is 12.6 Å². The SMILES string of the molecule is O=C(O[C@H]1C=CCN(Cc2ccccc2)C1)c1ccccc1. The van der Waals surface area contributed by atoms with Crippen LogP contribution < -0.4 is 0 Å². The molecule has 1 aliphatic heterocycles. The molecule has 22 heavy (non-hydrogen) atoms. The highest BCUT2D eigenvalue weighted by Crippen LogP contribution is 2.13. The Kier molecular flexibility index (Phi) is 4.66. The van der Waals surface area contributed by atoms with Gasteiger partial charge < -0.3 is 4.74 Å². The Morgan fingerprint density at radius 1 is 1.05 bits per heavy atom. The molecule has 3 rings (SSSR count). The minimum atomic E-state index is -0.267. The molecule has 0 amide bonds. The van der Waals surface area contributed by atoms with Crippen molar-refractivity contribution >= 4 is 5.97 Å². The van der Waals surface area contributed by atoms with E-state index in [4.69, 9.17) is 4.74 Å². The number of hydrogen-bond acceptors (Lipinski definition) is 3. The van der Waals surface area contributed by atoms with Gasteiger partial charge in [-0.1, -0.05) is 54.6 Å². The molecule has 0 radical (unpaired) electrons. The molecule has 0 unspecified atom stereocenters. The summed E-state index contributed by atoms with van der Waals surface area (Å²) in [5, 5.41) is 0. The summed E-state index contributed by atoms with van der Waals surface area (Å²) in [6.07, 6.45) is 3.85. The van der Waals surface area contributed by atoms with Crippen LogP contribution in [0, 0.1) is 0 Å². The zero-order valence-electron chi connectivity index (χ0n) is 12.4. The average Bonchev–Trinajstić information content (AvgIpc) is 2.57. The first-order valence-corrected chi connectivity index (χ1v) is 7.50. The fourth-order valence-electron chi connectivity index (χ4n) is 2.58. The second-order valence-corrected chi connectivity index (χ2v) is 5.42. The van der Waals surface area contributed by atoms with Gasteiger partial charge in [-0.2, -0.15) is 0 Å². The van der Waals surface area contributed by atoms with Crippen molar-refractivity contribution in [1.29, 1.82) is 0 Å². The van der Waals surface area contributed by atoms with Crippen molar-refractivity contribution in [3.63, 3.8) is 0 Å². The number of rotatable bonds is 4. The maximum absolute atomic E-state index is 12.1. The summed E-state index contributed by atoms with van der Waals surface area (Å²) in [5.41, 5.74) is 1.86. The Morgan fingerprint density at radius 2 is 1.73 bits per heavy atom. The molecule has 112 valence electrons. The van der Waals surface area contributed by atoms with Crippen LogP contribution in [0.4, 0.5) is 0 Å². The number of esters is 1. The van der Waals surface area contributed by atoms with E-state index in [2.05, 4.69) is 23.1 Å². The van der Waals surface area contributed by atoms with E-state index in [0.717, 1.165) is 19.6 Å². The summed E-state index contributed by atoms with van der Waals surface area (Å²) in [7, 11) is 0. The third kappa shape index (κ3) is 3.83. The lowest BCUT2D eigenvalue weighted by molar-refractivity contribution is 0.0301. The lowest BCUT2D eigenvalue weighted by Crippen LogP contribution is -2.37. The smallest absolute Gasteiger partial charge is 0.338 e. The van der Waals surface area contributed by atoms with Crippen molar-refractivity contribution in [2.75, 3.05) is 13.1 Å². The highest BCUT2D eigenvalue weighted by atomic mass is 16.5. The molecule has 2 aromatic rings. The standard InChI is InChI=1S/C19H19NO2/c21-19(17-10-5-2-6-11-17)22-18-12-7-13-20(15-18)14-16-8-3-1-4-9-16/h1-12,18H,13-15H2/t18-/m0/s1. The Balaban J connectivity index is 1.58. The maximum atomic E-state index is 12.1. The van der Waals surface area contributed by atoms with Gasteiger partial charge in [0.15, 0.2) is 0 Å². The van der Waals surface area contributed by atoms with Crippen LogP contribution in [-0.2, 0) is 11.3 Å². The van der Waals surface area contributed by atoms with Crippen LogP contribution in [0.3, 0.4) is 0 Å². The van der Waals surface area contributed by atoms with Crippen molar-refractivity contribution in [1.82, 2.24) is 4.90 Å². The van der Waals surface area contributed by atoms with Gasteiger partial charge in [0.05, 0.1) is 5.56 Å². The molecule has 0 aromatic heterocycles. The molecule has 0 fully saturated rings. The molecule has 0 bridgehead atoms. The minimum absolute atomic E-state index is 0.190. The van der Waals surface area contributed by atoms with E-state index < -0.39 is 0 Å². The third-order valence-electron chi connectivity index (χ3n) is 3.67. The molecule has 1 atom stereocenters. The van der Waals surface area contributed by atoms with Gasteiger partial charge in [0, 0.05) is 19.6 Å². The second kappa shape index (κ2) is 7.05. The van der Waals surface area contributed by atoms with Crippen LogP contribution in [-0.4, -0.2) is 30.1 Å². The predicted molar refractivity (Wildman–Crippen MR) is 86.5 cm³/mol. The summed E-state index contributed by atoms with van der Waals surface area (Å²) in [4.78, 5) is 14.4. The Labute approximate surface area is 130 Å². The lowest BCUT2D eigenvalue weighted by atomic mass is 10.1. The predicted octanol–water partition coefficient (Wildman–Crippen LogP) is 3.28. The summed E-state index contributed by atoms with van der Waals surface area (Å²) < 4.78 is 5.58. The highest BCUT2D eigenvalue weighted by molar-refractivity contribution is 5.89. The summed E-state index contributed by atoms with van der Waals surface area (Å²) in [5.74, 6) is -0.267. The van der Waals surface area contributed by atoms with Gasteiger partial charge in [-0.15, -0.1) is 0 Å². The van der Waals surface area contributed by atoms with Gasteiger partial charge in [0.2, 0.25) is 0 Å². The first kappa shape index (κ1) is 14.5. The van der Waals surface area contributed by atoms with Crippen molar-refractivity contribution in [3.05, 3.63) is 83.9 Å². The van der Waals surface area contributed by atoms with Gasteiger partial charge in [-0.25, -0.2) is 4.79 Å². The van der Waals surface area contributed by atoms with Crippen molar-refractivity contribution in [3.8, 4) is 0 Å². The second-order valence-electron chi connectivity index (χ2n) is 5.42. The molecule has 0 saturated carbocycles. The van der Waals surface area contributed by atoms with Crippen LogP contribution in [0.2, 0.25) is 0 Å². The minimum Gasteiger partial charge on any atom is -0.453 e. The largest absolute Gasteiger partial charge is 0.453 e. The quantitative estimate of drug-likeness (QED) is 0.640. The molecular weight excluding hydrogens is 274 g/mol. The van der Waals surface area contributed by atoms with Crippen LogP contribution >= 0.6 is 0 Å². The fourth-order valence-corrected chi connectivity index (χ4v) is 2.58. The molecule has 0 aliphatic carbocycles. The summed E-state index contributed by atoms with van der Waals surface area (Å²) in [6.45, 7) is 2.48. The van der Waals surface area contributed by atoms with E-state index in [9.17, 15) is 4.79 Å². The van der Waals surface area contributed by atoms with Crippen molar-refractivity contribution in [2.24, 2.45) is 0 Å². The first-order chi connectivity index (χ1) is 10.8. The molecule has 1 aliphatic rings. The van der Waals surface area contributed by atoms with Crippen LogP contribution in [0.25, 0.3) is 0 Å². The molecule has 0 saturated heterocycles. The van der Waals surface area contributed by atoms with Gasteiger partial charge in [-0.05, 0) is 23.8 Å². The van der Waals surface area contributed by atoms with E-state index in [1.54, 1.807) is 12.1 Å². The topological polar surface area (TPSA) is 29.5 Å². The lowest BCUT2D eigenvalue weighted by Gasteiger charge is -2.28. The molecule has 2 aromatic carbocycles. The molecule has 0 spiro atoms. The average molecular weight is 293 g/mol. The Hall–Kier alpha value is -2.39. The van der Waals surface area contributed by atoms with Gasteiger partial charge >= 0.3 is 5.97 Å². The number of ether oxygens (including phenoxy) is 1. The molecular formula is C19H19NO2. The van der Waals surface area contributed by atoms with Gasteiger partial charge in [0.25, 0.3) is 0 Å².